The lowest BCUT2D eigenvalue weighted by molar-refractivity contribution is -0.158. The molecule has 13 heteroatoms. The van der Waals surface area contributed by atoms with Crippen LogP contribution >= 0.6 is 0 Å². The molecule has 1 aliphatic carbocycles. The number of aromatic nitrogens is 2. The fourth-order valence-electron chi connectivity index (χ4n) is 4.91. The van der Waals surface area contributed by atoms with Crippen molar-refractivity contribution in [2.75, 3.05) is 39.4 Å². The molecule has 44 heavy (non-hydrogen) atoms. The van der Waals surface area contributed by atoms with Crippen molar-refractivity contribution in [1.29, 1.82) is 0 Å². The predicted molar refractivity (Wildman–Crippen MR) is 158 cm³/mol. The van der Waals surface area contributed by atoms with E-state index in [1.54, 1.807) is 38.7 Å². The molecule has 2 unspecified atom stereocenters. The summed E-state index contributed by atoms with van der Waals surface area (Å²) in [4.78, 5) is 67.5. The summed E-state index contributed by atoms with van der Waals surface area (Å²) in [5.74, 6) is -1.01. The Kier molecular flexibility index (Phi) is 10.9. The van der Waals surface area contributed by atoms with Crippen LogP contribution < -0.4 is 5.32 Å². The smallest absolute Gasteiger partial charge is 0.460 e. The average molecular weight is 612 g/mol. The molecule has 1 saturated heterocycles. The van der Waals surface area contributed by atoms with Gasteiger partial charge in [0.15, 0.2) is 5.82 Å². The summed E-state index contributed by atoms with van der Waals surface area (Å²) in [5.41, 5.74) is 0.762. The highest BCUT2D eigenvalue weighted by Gasteiger charge is 2.40. The number of piperazine rings is 1. The van der Waals surface area contributed by atoms with Gasteiger partial charge in [-0.05, 0) is 52.5 Å². The topological polar surface area (TPSA) is 160 Å². The molecule has 2 N–H and O–H groups in total. The van der Waals surface area contributed by atoms with Crippen LogP contribution in [0.5, 0.6) is 0 Å². The van der Waals surface area contributed by atoms with Gasteiger partial charge in [0.05, 0.1) is 19.7 Å². The van der Waals surface area contributed by atoms with Crippen LogP contribution in [0, 0.1) is 5.92 Å². The SMILES string of the molecule is CCOC(=O)ON1CCN(C(=O)[C@H](CCC(=O)OC(C)(C)C)NC(=O)c2cc(C3CC3CO)nc(-c3ccccc3)n2)CC1. The first kappa shape index (κ1) is 32.8. The van der Waals surface area contributed by atoms with E-state index in [4.69, 9.17) is 14.3 Å². The van der Waals surface area contributed by atoms with E-state index in [1.165, 1.54) is 5.06 Å². The number of hydrogen-bond donors (Lipinski definition) is 2. The van der Waals surface area contributed by atoms with Gasteiger partial charge in [0.2, 0.25) is 5.91 Å². The molecule has 13 nitrogen and oxygen atoms in total. The number of nitrogens with one attached hydrogen (secondary N) is 1. The van der Waals surface area contributed by atoms with Crippen molar-refractivity contribution in [3.63, 3.8) is 0 Å². The molecule has 2 aromatic rings. The van der Waals surface area contributed by atoms with Gasteiger partial charge in [0.1, 0.15) is 17.3 Å². The summed E-state index contributed by atoms with van der Waals surface area (Å²) in [7, 11) is 0. The molecule has 238 valence electrons. The van der Waals surface area contributed by atoms with E-state index in [0.29, 0.717) is 11.5 Å². The molecule has 1 aromatic heterocycles. The third-order valence-corrected chi connectivity index (χ3v) is 7.22. The highest BCUT2D eigenvalue weighted by Crippen LogP contribution is 2.46. The summed E-state index contributed by atoms with van der Waals surface area (Å²) in [6.45, 7) is 8.11. The number of nitrogens with zero attached hydrogens (tertiary/aromatic N) is 4. The molecular weight excluding hydrogens is 570 g/mol. The number of carbonyl (C=O) groups is 4. The third-order valence-electron chi connectivity index (χ3n) is 7.22. The summed E-state index contributed by atoms with van der Waals surface area (Å²) in [6.07, 6.45) is -0.140. The van der Waals surface area contributed by atoms with Crippen molar-refractivity contribution in [2.45, 2.75) is 64.5 Å². The van der Waals surface area contributed by atoms with Crippen LogP contribution in [-0.2, 0) is 23.9 Å². The van der Waals surface area contributed by atoms with Gasteiger partial charge in [-0.2, -0.15) is 0 Å². The summed E-state index contributed by atoms with van der Waals surface area (Å²) < 4.78 is 10.2. The van der Waals surface area contributed by atoms with Crippen LogP contribution in [0.25, 0.3) is 11.4 Å². The van der Waals surface area contributed by atoms with E-state index in [2.05, 4.69) is 15.3 Å². The van der Waals surface area contributed by atoms with E-state index in [1.807, 2.05) is 30.3 Å². The van der Waals surface area contributed by atoms with Crippen molar-refractivity contribution >= 4 is 23.9 Å². The molecule has 0 bridgehead atoms. The second kappa shape index (κ2) is 14.6. The molecule has 1 saturated carbocycles. The molecule has 1 aromatic carbocycles. The number of benzene rings is 1. The summed E-state index contributed by atoms with van der Waals surface area (Å²) >= 11 is 0. The zero-order chi connectivity index (χ0) is 31.9. The monoisotopic (exact) mass is 611 g/mol. The van der Waals surface area contributed by atoms with Gasteiger partial charge in [-0.1, -0.05) is 30.3 Å². The van der Waals surface area contributed by atoms with Crippen LogP contribution in [-0.4, -0.2) is 100 Å². The minimum atomic E-state index is -1.04. The van der Waals surface area contributed by atoms with Gasteiger partial charge in [-0.25, -0.2) is 14.8 Å². The Balaban J connectivity index is 1.52. The first-order chi connectivity index (χ1) is 21.0. The maximum atomic E-state index is 13.7. The highest BCUT2D eigenvalue weighted by atomic mass is 16.8. The van der Waals surface area contributed by atoms with E-state index in [0.717, 1.165) is 12.0 Å². The number of hydroxylamine groups is 2. The van der Waals surface area contributed by atoms with Gasteiger partial charge in [-0.15, -0.1) is 5.06 Å². The van der Waals surface area contributed by atoms with Gasteiger partial charge in [0.25, 0.3) is 5.91 Å². The standard InChI is InChI=1S/C31H41N5O8/c1-5-42-30(41)44-36-15-13-35(14-16-36)29(40)23(11-12-26(38)43-31(2,3)4)34-28(39)25-18-24(22-17-21(22)19-37)32-27(33-25)20-9-7-6-8-10-20/h6-10,18,21-23,37H,5,11-17,19H2,1-4H3,(H,34,39)/t21?,22?,23-/m0/s1. The lowest BCUT2D eigenvalue weighted by atomic mass is 10.1. The van der Waals surface area contributed by atoms with Crippen LogP contribution in [0.1, 0.15) is 69.1 Å². The molecule has 0 radical (unpaired) electrons. The molecule has 4 rings (SSSR count). The van der Waals surface area contributed by atoms with Crippen molar-refractivity contribution < 1.29 is 38.6 Å². The lowest BCUT2D eigenvalue weighted by Gasteiger charge is -2.35. The lowest BCUT2D eigenvalue weighted by Crippen LogP contribution is -2.55. The fraction of sp³-hybridized carbons (Fsp3) is 0.548. The summed E-state index contributed by atoms with van der Waals surface area (Å²) in [6, 6.07) is 9.81. The minimum absolute atomic E-state index is 0.00901. The zero-order valence-corrected chi connectivity index (χ0v) is 25.7. The number of aliphatic hydroxyl groups is 1. The Hall–Kier alpha value is -4.10. The number of carbonyl (C=O) groups excluding carboxylic acids is 4. The molecule has 2 amide bonds. The Labute approximate surface area is 256 Å². The average Bonchev–Trinajstić information content (AvgIpc) is 3.79. The molecule has 0 spiro atoms. The molecule has 2 fully saturated rings. The van der Waals surface area contributed by atoms with Crippen molar-refractivity contribution in [3.05, 3.63) is 47.8 Å². The highest BCUT2D eigenvalue weighted by molar-refractivity contribution is 5.96. The van der Waals surface area contributed by atoms with Crippen LogP contribution in [0.2, 0.25) is 0 Å². The third kappa shape index (κ3) is 9.20. The van der Waals surface area contributed by atoms with Crippen LogP contribution in [0.15, 0.2) is 36.4 Å². The maximum Gasteiger partial charge on any atom is 0.527 e. The fourth-order valence-corrected chi connectivity index (χ4v) is 4.91. The molecule has 2 heterocycles. The molecular formula is C31H41N5O8. The Morgan fingerprint density at radius 2 is 1.77 bits per heavy atom. The van der Waals surface area contributed by atoms with E-state index < -0.39 is 29.7 Å². The molecule has 1 aliphatic heterocycles. The number of ether oxygens (including phenoxy) is 2. The van der Waals surface area contributed by atoms with Gasteiger partial charge in [-0.3, -0.25) is 14.4 Å². The number of aliphatic hydroxyl groups excluding tert-OH is 1. The van der Waals surface area contributed by atoms with Gasteiger partial charge in [0, 0.05) is 43.3 Å². The number of rotatable bonds is 11. The second-order valence-corrected chi connectivity index (χ2v) is 11.8. The first-order valence-electron chi connectivity index (χ1n) is 14.9. The minimum Gasteiger partial charge on any atom is -0.460 e. The van der Waals surface area contributed by atoms with E-state index in [-0.39, 0.29) is 75.7 Å². The largest absolute Gasteiger partial charge is 0.527 e. The maximum absolute atomic E-state index is 13.7. The van der Waals surface area contributed by atoms with E-state index >= 15 is 0 Å². The number of esters is 1. The molecule has 2 aliphatic rings. The van der Waals surface area contributed by atoms with Gasteiger partial charge < -0.3 is 29.6 Å². The normalized spacial score (nSPS) is 19.1. The molecule has 3 atom stereocenters. The Morgan fingerprint density at radius 1 is 1.07 bits per heavy atom. The van der Waals surface area contributed by atoms with Crippen molar-refractivity contribution in [2.24, 2.45) is 5.92 Å². The van der Waals surface area contributed by atoms with Crippen molar-refractivity contribution in [3.8, 4) is 11.4 Å². The van der Waals surface area contributed by atoms with Crippen molar-refractivity contribution in [1.82, 2.24) is 25.2 Å². The zero-order valence-electron chi connectivity index (χ0n) is 25.7. The Morgan fingerprint density at radius 3 is 2.39 bits per heavy atom. The van der Waals surface area contributed by atoms with Gasteiger partial charge >= 0.3 is 12.1 Å². The predicted octanol–water partition coefficient (Wildman–Crippen LogP) is 2.69. The number of hydrogen-bond acceptors (Lipinski definition) is 11. The second-order valence-electron chi connectivity index (χ2n) is 11.8. The van der Waals surface area contributed by atoms with Crippen LogP contribution in [0.3, 0.4) is 0 Å². The first-order valence-corrected chi connectivity index (χ1v) is 14.9. The van der Waals surface area contributed by atoms with Crippen LogP contribution in [0.4, 0.5) is 4.79 Å². The Bertz CT molecular complexity index is 1320. The number of amides is 2. The quantitative estimate of drug-likeness (QED) is 0.360. The van der Waals surface area contributed by atoms with E-state index in [9.17, 15) is 24.3 Å². The summed E-state index contributed by atoms with van der Waals surface area (Å²) in [5, 5.41) is 13.8.